The lowest BCUT2D eigenvalue weighted by atomic mass is 10.1. The summed E-state index contributed by atoms with van der Waals surface area (Å²) in [6.07, 6.45) is -0.698. The molecule has 0 bridgehead atoms. The van der Waals surface area contributed by atoms with Crippen LogP contribution in [0.1, 0.15) is 29.1 Å². The second kappa shape index (κ2) is 8.14. The molecular weight excluding hydrogens is 360 g/mol. The molecule has 5 nitrogen and oxygen atoms in total. The van der Waals surface area contributed by atoms with Gasteiger partial charge in [0.1, 0.15) is 5.75 Å². The van der Waals surface area contributed by atoms with Crippen LogP contribution >= 0.6 is 11.3 Å². The average Bonchev–Trinajstić information content (AvgIpc) is 3.06. The number of anilines is 1. The molecule has 0 radical (unpaired) electrons. The SMILES string of the molecule is CC(=O)c1sc(NC(=O)[C@@H](C)Oc2cccc(C)c2)nc1-c1ccccc1. The number of ether oxygens (including phenoxy) is 1. The zero-order valence-electron chi connectivity index (χ0n) is 15.4. The summed E-state index contributed by atoms with van der Waals surface area (Å²) in [5, 5.41) is 3.13. The standard InChI is InChI=1S/C21H20N2O3S/c1-13-8-7-11-17(12-13)26-15(3)20(25)23-21-22-18(19(27-21)14(2)24)16-9-5-4-6-10-16/h4-12,15H,1-3H3,(H,22,23,25)/t15-/m1/s1. The van der Waals surface area contributed by atoms with Gasteiger partial charge in [-0.05, 0) is 31.5 Å². The maximum Gasteiger partial charge on any atom is 0.266 e. The van der Waals surface area contributed by atoms with E-state index >= 15 is 0 Å². The van der Waals surface area contributed by atoms with Crippen LogP contribution in [0.3, 0.4) is 0 Å². The van der Waals surface area contributed by atoms with Gasteiger partial charge in [-0.25, -0.2) is 4.98 Å². The Bertz CT molecular complexity index is 967. The maximum absolute atomic E-state index is 12.5. The topological polar surface area (TPSA) is 68.3 Å². The molecule has 1 N–H and O–H groups in total. The van der Waals surface area contributed by atoms with Crippen LogP contribution < -0.4 is 10.1 Å². The van der Waals surface area contributed by atoms with Gasteiger partial charge < -0.3 is 4.74 Å². The highest BCUT2D eigenvalue weighted by Gasteiger charge is 2.20. The smallest absolute Gasteiger partial charge is 0.266 e. The van der Waals surface area contributed by atoms with E-state index in [0.29, 0.717) is 21.5 Å². The molecule has 1 amide bonds. The maximum atomic E-state index is 12.5. The Labute approximate surface area is 162 Å². The van der Waals surface area contributed by atoms with E-state index < -0.39 is 6.10 Å². The predicted octanol–water partition coefficient (Wildman–Crippen LogP) is 4.73. The second-order valence-electron chi connectivity index (χ2n) is 6.18. The molecule has 0 saturated heterocycles. The first-order valence-electron chi connectivity index (χ1n) is 8.55. The van der Waals surface area contributed by atoms with Crippen molar-refractivity contribution in [2.75, 3.05) is 5.32 Å². The van der Waals surface area contributed by atoms with Crippen molar-refractivity contribution in [2.45, 2.75) is 26.9 Å². The predicted molar refractivity (Wildman–Crippen MR) is 107 cm³/mol. The molecule has 1 atom stereocenters. The number of rotatable bonds is 6. The third-order valence-corrected chi connectivity index (χ3v) is 4.97. The fourth-order valence-electron chi connectivity index (χ4n) is 2.56. The zero-order valence-corrected chi connectivity index (χ0v) is 16.2. The van der Waals surface area contributed by atoms with Gasteiger partial charge in [0.25, 0.3) is 5.91 Å². The minimum atomic E-state index is -0.698. The van der Waals surface area contributed by atoms with Crippen LogP contribution in [0.2, 0.25) is 0 Å². The van der Waals surface area contributed by atoms with Crippen molar-refractivity contribution < 1.29 is 14.3 Å². The van der Waals surface area contributed by atoms with Crippen LogP contribution in [0.15, 0.2) is 54.6 Å². The van der Waals surface area contributed by atoms with E-state index in [9.17, 15) is 9.59 Å². The Balaban J connectivity index is 1.77. The third kappa shape index (κ3) is 4.60. The van der Waals surface area contributed by atoms with E-state index in [4.69, 9.17) is 4.74 Å². The van der Waals surface area contributed by atoms with Gasteiger partial charge >= 0.3 is 0 Å². The fraction of sp³-hybridized carbons (Fsp3) is 0.190. The van der Waals surface area contributed by atoms with E-state index in [-0.39, 0.29) is 11.7 Å². The van der Waals surface area contributed by atoms with Crippen molar-refractivity contribution in [3.63, 3.8) is 0 Å². The first-order valence-corrected chi connectivity index (χ1v) is 9.37. The van der Waals surface area contributed by atoms with Crippen LogP contribution in [0, 0.1) is 6.92 Å². The summed E-state index contributed by atoms with van der Waals surface area (Å²) in [5.74, 6) is 0.224. The highest BCUT2D eigenvalue weighted by Crippen LogP contribution is 2.31. The van der Waals surface area contributed by atoms with E-state index in [1.54, 1.807) is 6.92 Å². The number of amides is 1. The molecule has 0 saturated carbocycles. The number of benzene rings is 2. The number of carbonyl (C=O) groups excluding carboxylic acids is 2. The van der Waals surface area contributed by atoms with Crippen molar-refractivity contribution >= 4 is 28.2 Å². The number of nitrogens with zero attached hydrogens (tertiary/aromatic N) is 1. The van der Waals surface area contributed by atoms with Gasteiger partial charge in [0, 0.05) is 12.5 Å². The Hall–Kier alpha value is -2.99. The molecule has 0 aliphatic heterocycles. The Morgan fingerprint density at radius 2 is 1.85 bits per heavy atom. The largest absolute Gasteiger partial charge is 0.481 e. The van der Waals surface area contributed by atoms with E-state index in [2.05, 4.69) is 10.3 Å². The third-order valence-electron chi connectivity index (χ3n) is 3.90. The van der Waals surface area contributed by atoms with Gasteiger partial charge in [-0.3, -0.25) is 14.9 Å². The lowest BCUT2D eigenvalue weighted by Crippen LogP contribution is -2.30. The van der Waals surface area contributed by atoms with Crippen LogP contribution in [0.25, 0.3) is 11.3 Å². The van der Waals surface area contributed by atoms with Gasteiger partial charge in [-0.2, -0.15) is 0 Å². The molecule has 0 spiro atoms. The normalized spacial score (nSPS) is 11.7. The summed E-state index contributed by atoms with van der Waals surface area (Å²) in [4.78, 5) is 29.4. The molecule has 0 unspecified atom stereocenters. The van der Waals surface area contributed by atoms with Crippen molar-refractivity contribution in [2.24, 2.45) is 0 Å². The number of nitrogens with one attached hydrogen (secondary N) is 1. The van der Waals surface area contributed by atoms with Crippen LogP contribution in [0.5, 0.6) is 5.75 Å². The van der Waals surface area contributed by atoms with E-state index in [1.165, 1.54) is 18.3 Å². The number of carbonyl (C=O) groups is 2. The summed E-state index contributed by atoms with van der Waals surface area (Å²) in [5.41, 5.74) is 2.47. The molecule has 6 heteroatoms. The van der Waals surface area contributed by atoms with Crippen LogP contribution in [-0.2, 0) is 4.79 Å². The Morgan fingerprint density at radius 3 is 2.52 bits per heavy atom. The number of ketones is 1. The van der Waals surface area contributed by atoms with E-state index in [1.807, 2.05) is 61.5 Å². The Morgan fingerprint density at radius 1 is 1.11 bits per heavy atom. The summed E-state index contributed by atoms with van der Waals surface area (Å²) < 4.78 is 5.70. The number of hydrogen-bond donors (Lipinski definition) is 1. The number of thiazole rings is 1. The van der Waals surface area contributed by atoms with Crippen molar-refractivity contribution in [1.82, 2.24) is 4.98 Å². The molecule has 1 heterocycles. The van der Waals surface area contributed by atoms with Gasteiger partial charge in [0.05, 0.1) is 10.6 Å². The number of hydrogen-bond acceptors (Lipinski definition) is 5. The van der Waals surface area contributed by atoms with Crippen LogP contribution in [-0.4, -0.2) is 22.8 Å². The lowest BCUT2D eigenvalue weighted by Gasteiger charge is -2.14. The number of aromatic nitrogens is 1. The molecule has 1 aromatic heterocycles. The fourth-order valence-corrected chi connectivity index (χ4v) is 3.44. The van der Waals surface area contributed by atoms with E-state index in [0.717, 1.165) is 11.1 Å². The highest BCUT2D eigenvalue weighted by atomic mass is 32.1. The van der Waals surface area contributed by atoms with Gasteiger partial charge in [-0.1, -0.05) is 53.8 Å². The lowest BCUT2D eigenvalue weighted by molar-refractivity contribution is -0.122. The highest BCUT2D eigenvalue weighted by molar-refractivity contribution is 7.18. The average molecular weight is 380 g/mol. The van der Waals surface area contributed by atoms with Gasteiger partial charge in [0.2, 0.25) is 0 Å². The summed E-state index contributed by atoms with van der Waals surface area (Å²) in [7, 11) is 0. The molecule has 2 aromatic carbocycles. The van der Waals surface area contributed by atoms with Crippen LogP contribution in [0.4, 0.5) is 5.13 Å². The number of Topliss-reactive ketones (excluding diaryl/α,β-unsaturated/α-hetero) is 1. The second-order valence-corrected chi connectivity index (χ2v) is 7.18. The Kier molecular flexibility index (Phi) is 5.66. The molecule has 27 heavy (non-hydrogen) atoms. The van der Waals surface area contributed by atoms with Gasteiger partial charge in [-0.15, -0.1) is 0 Å². The molecule has 0 fully saturated rings. The molecule has 0 aliphatic carbocycles. The molecule has 0 aliphatic rings. The van der Waals surface area contributed by atoms with Crippen molar-refractivity contribution in [3.05, 3.63) is 65.0 Å². The summed E-state index contributed by atoms with van der Waals surface area (Å²) >= 11 is 1.17. The molecule has 138 valence electrons. The molecule has 3 rings (SSSR count). The van der Waals surface area contributed by atoms with Gasteiger partial charge in [0.15, 0.2) is 17.0 Å². The van der Waals surface area contributed by atoms with Crippen molar-refractivity contribution in [3.8, 4) is 17.0 Å². The quantitative estimate of drug-likeness (QED) is 0.628. The minimum absolute atomic E-state index is 0.0871. The summed E-state index contributed by atoms with van der Waals surface area (Å²) in [6.45, 7) is 5.13. The molecule has 3 aromatic rings. The number of aryl methyl sites for hydroxylation is 1. The summed E-state index contributed by atoms with van der Waals surface area (Å²) in [6, 6.07) is 17.0. The first-order chi connectivity index (χ1) is 12.9. The minimum Gasteiger partial charge on any atom is -0.481 e. The molecular formula is C21H20N2O3S. The van der Waals surface area contributed by atoms with Crippen molar-refractivity contribution in [1.29, 1.82) is 0 Å². The monoisotopic (exact) mass is 380 g/mol. The first kappa shape index (κ1) is 18.8. The zero-order chi connectivity index (χ0) is 19.4.